The maximum absolute atomic E-state index is 13.4. The third-order valence-corrected chi connectivity index (χ3v) is 7.77. The second-order valence-corrected chi connectivity index (χ2v) is 10.2. The molecule has 0 spiro atoms. The lowest BCUT2D eigenvalue weighted by atomic mass is 10.1. The van der Waals surface area contributed by atoms with E-state index < -0.39 is 0 Å². The smallest absolute Gasteiger partial charge is 0.269 e. The highest BCUT2D eigenvalue weighted by atomic mass is 16.5. The van der Waals surface area contributed by atoms with Crippen LogP contribution in [0.4, 0.5) is 11.5 Å². The number of aromatic amines is 1. The van der Waals surface area contributed by atoms with Crippen molar-refractivity contribution in [2.45, 2.75) is 19.5 Å². The topological polar surface area (TPSA) is 118 Å². The molecule has 41 heavy (non-hydrogen) atoms. The number of anilines is 2. The highest BCUT2D eigenvalue weighted by Gasteiger charge is 2.32. The number of nitriles is 1. The predicted octanol–water partition coefficient (Wildman–Crippen LogP) is 3.45. The molecular weight excluding hydrogens is 518 g/mol. The lowest BCUT2D eigenvalue weighted by Gasteiger charge is -2.35. The van der Waals surface area contributed by atoms with Gasteiger partial charge in [-0.1, -0.05) is 30.3 Å². The van der Waals surface area contributed by atoms with Crippen LogP contribution in [0.25, 0.3) is 0 Å². The van der Waals surface area contributed by atoms with Crippen molar-refractivity contribution in [1.29, 1.82) is 5.26 Å². The minimum absolute atomic E-state index is 0.0408. The van der Waals surface area contributed by atoms with Crippen molar-refractivity contribution in [3.05, 3.63) is 111 Å². The van der Waals surface area contributed by atoms with Crippen molar-refractivity contribution in [2.24, 2.45) is 0 Å². The van der Waals surface area contributed by atoms with Crippen LogP contribution in [0.3, 0.4) is 0 Å². The second-order valence-electron chi connectivity index (χ2n) is 10.2. The van der Waals surface area contributed by atoms with Crippen molar-refractivity contribution in [3.63, 3.8) is 0 Å². The van der Waals surface area contributed by atoms with Gasteiger partial charge in [-0.25, -0.2) is 10.1 Å². The largest absolute Gasteiger partial charge is 0.491 e. The van der Waals surface area contributed by atoms with Crippen LogP contribution in [0, 0.1) is 18.3 Å². The van der Waals surface area contributed by atoms with Crippen LogP contribution < -0.4 is 20.1 Å². The summed E-state index contributed by atoms with van der Waals surface area (Å²) in [6.45, 7) is 5.26. The number of nitrogens with one attached hydrogen (secondary N) is 1. The van der Waals surface area contributed by atoms with Gasteiger partial charge in [0.05, 0.1) is 23.5 Å². The lowest BCUT2D eigenvalue weighted by molar-refractivity contribution is 0.0746. The van der Waals surface area contributed by atoms with Gasteiger partial charge in [0.25, 0.3) is 11.5 Å². The highest BCUT2D eigenvalue weighted by Crippen LogP contribution is 2.38. The molecule has 0 radical (unpaired) electrons. The third-order valence-electron chi connectivity index (χ3n) is 7.77. The van der Waals surface area contributed by atoms with Gasteiger partial charge >= 0.3 is 0 Å². The minimum atomic E-state index is -0.210. The molecule has 1 N–H and O–H groups in total. The van der Waals surface area contributed by atoms with Crippen molar-refractivity contribution in [2.75, 3.05) is 42.6 Å². The summed E-state index contributed by atoms with van der Waals surface area (Å²) in [6.07, 6.45) is 3.26. The fourth-order valence-corrected chi connectivity index (χ4v) is 5.49. The molecule has 4 heterocycles. The summed E-state index contributed by atoms with van der Waals surface area (Å²) >= 11 is 0. The Hall–Kier alpha value is -5.17. The normalized spacial score (nSPS) is 16.3. The number of piperazine rings is 1. The van der Waals surface area contributed by atoms with Crippen molar-refractivity contribution in [1.82, 2.24) is 20.1 Å². The first-order chi connectivity index (χ1) is 20.0. The van der Waals surface area contributed by atoms with Gasteiger partial charge in [0.15, 0.2) is 0 Å². The fourth-order valence-electron chi connectivity index (χ4n) is 5.49. The molecule has 10 heteroatoms. The molecule has 1 amide bonds. The van der Waals surface area contributed by atoms with Crippen molar-refractivity contribution in [3.8, 4) is 11.8 Å². The zero-order valence-electron chi connectivity index (χ0n) is 22.7. The first-order valence-electron chi connectivity index (χ1n) is 13.5. The van der Waals surface area contributed by atoms with Gasteiger partial charge in [-0.15, -0.1) is 0 Å². The SMILES string of the molecule is Cc1c(N2Cc3ccccc3C2COc2cccc(C(=O)N3CCN(c4ccc(C#N)cn4)CC3)c2)cn[nH]c1=O. The minimum Gasteiger partial charge on any atom is -0.491 e. The molecule has 2 aromatic heterocycles. The van der Waals surface area contributed by atoms with Crippen LogP contribution in [0.15, 0.2) is 77.9 Å². The molecule has 0 bridgehead atoms. The number of rotatable bonds is 6. The van der Waals surface area contributed by atoms with E-state index in [2.05, 4.69) is 43.2 Å². The molecule has 1 saturated heterocycles. The molecule has 6 rings (SSSR count). The van der Waals surface area contributed by atoms with Crippen LogP contribution in [-0.2, 0) is 6.54 Å². The van der Waals surface area contributed by atoms with Gasteiger partial charge < -0.3 is 19.4 Å². The van der Waals surface area contributed by atoms with Gasteiger partial charge in [0, 0.05) is 50.0 Å². The van der Waals surface area contributed by atoms with Crippen LogP contribution in [0.2, 0.25) is 0 Å². The third kappa shape index (κ3) is 5.22. The van der Waals surface area contributed by atoms with Crippen LogP contribution >= 0.6 is 0 Å². The molecule has 2 aliphatic rings. The Morgan fingerprint density at radius 1 is 1.07 bits per heavy atom. The molecule has 0 saturated carbocycles. The van der Waals surface area contributed by atoms with Crippen molar-refractivity contribution >= 4 is 17.4 Å². The number of carbonyl (C=O) groups is 1. The Balaban J connectivity index is 1.13. The average molecular weight is 548 g/mol. The number of ether oxygens (including phenoxy) is 1. The summed E-state index contributed by atoms with van der Waals surface area (Å²) in [4.78, 5) is 36.1. The number of H-pyrrole nitrogens is 1. The molecule has 206 valence electrons. The Morgan fingerprint density at radius 2 is 1.90 bits per heavy atom. The molecule has 1 unspecified atom stereocenters. The van der Waals surface area contributed by atoms with Gasteiger partial charge in [0.2, 0.25) is 0 Å². The molecule has 4 aromatic rings. The van der Waals surface area contributed by atoms with Crippen LogP contribution in [0.5, 0.6) is 5.75 Å². The number of fused-ring (bicyclic) bond motifs is 1. The number of hydrogen-bond acceptors (Lipinski definition) is 8. The summed E-state index contributed by atoms with van der Waals surface area (Å²) in [5, 5.41) is 15.5. The zero-order chi connectivity index (χ0) is 28.3. The van der Waals surface area contributed by atoms with E-state index in [0.29, 0.717) is 61.8 Å². The summed E-state index contributed by atoms with van der Waals surface area (Å²) in [7, 11) is 0. The molecule has 2 aromatic carbocycles. The maximum atomic E-state index is 13.4. The van der Waals surface area contributed by atoms with E-state index in [-0.39, 0.29) is 17.5 Å². The standard InChI is InChI=1S/C31H29N7O3/c1-21-27(18-34-35-30(21)39)38-19-24-5-2-3-8-26(24)28(38)20-41-25-7-4-6-23(15-25)31(40)37-13-11-36(12-14-37)29-10-9-22(16-32)17-33-29/h2-10,15,17-18,28H,11-14,19-20H2,1H3,(H,35,39). The summed E-state index contributed by atoms with van der Waals surface area (Å²) in [6, 6.07) is 21.1. The van der Waals surface area contributed by atoms with Gasteiger partial charge in [-0.3, -0.25) is 9.59 Å². The second kappa shape index (κ2) is 11.1. The van der Waals surface area contributed by atoms with Gasteiger partial charge in [0.1, 0.15) is 24.2 Å². The number of benzene rings is 2. The molecule has 10 nitrogen and oxygen atoms in total. The summed E-state index contributed by atoms with van der Waals surface area (Å²) in [5.41, 5.74) is 4.61. The average Bonchev–Trinajstić information content (AvgIpc) is 3.39. The first kappa shape index (κ1) is 26.1. The van der Waals surface area contributed by atoms with E-state index in [1.807, 2.05) is 41.3 Å². The monoisotopic (exact) mass is 547 g/mol. The molecule has 2 aliphatic heterocycles. The zero-order valence-corrected chi connectivity index (χ0v) is 22.7. The van der Waals surface area contributed by atoms with E-state index in [9.17, 15) is 9.59 Å². The lowest BCUT2D eigenvalue weighted by Crippen LogP contribution is -2.49. The Kier molecular flexibility index (Phi) is 7.08. The Labute approximate surface area is 237 Å². The van der Waals surface area contributed by atoms with E-state index in [1.54, 1.807) is 31.5 Å². The number of hydrogen-bond donors (Lipinski definition) is 1. The van der Waals surface area contributed by atoms with Gasteiger partial charge in [-0.05, 0) is 48.4 Å². The molecule has 1 atom stereocenters. The fraction of sp³-hybridized carbons (Fsp3) is 0.258. The Bertz CT molecular complexity index is 1670. The van der Waals surface area contributed by atoms with E-state index >= 15 is 0 Å². The molecule has 0 aliphatic carbocycles. The predicted molar refractivity (Wildman–Crippen MR) is 154 cm³/mol. The number of carbonyl (C=O) groups excluding carboxylic acids is 1. The van der Waals surface area contributed by atoms with Crippen molar-refractivity contribution < 1.29 is 9.53 Å². The van der Waals surface area contributed by atoms with Gasteiger partial charge in [-0.2, -0.15) is 10.4 Å². The number of amides is 1. The van der Waals surface area contributed by atoms with Crippen LogP contribution in [-0.4, -0.2) is 58.8 Å². The van der Waals surface area contributed by atoms with E-state index in [0.717, 1.165) is 17.1 Å². The molecular formula is C31H29N7O3. The van der Waals surface area contributed by atoms with E-state index in [4.69, 9.17) is 10.00 Å². The quantitative estimate of drug-likeness (QED) is 0.390. The van der Waals surface area contributed by atoms with E-state index in [1.165, 1.54) is 5.56 Å². The summed E-state index contributed by atoms with van der Waals surface area (Å²) in [5.74, 6) is 1.38. The summed E-state index contributed by atoms with van der Waals surface area (Å²) < 4.78 is 6.28. The number of pyridine rings is 1. The maximum Gasteiger partial charge on any atom is 0.269 e. The number of nitrogens with zero attached hydrogens (tertiary/aromatic N) is 6. The first-order valence-corrected chi connectivity index (χ1v) is 13.5. The Morgan fingerprint density at radius 3 is 2.68 bits per heavy atom. The highest BCUT2D eigenvalue weighted by molar-refractivity contribution is 5.94. The van der Waals surface area contributed by atoms with Crippen LogP contribution in [0.1, 0.15) is 38.7 Å². The molecule has 1 fully saturated rings. The number of aromatic nitrogens is 3.